The van der Waals surface area contributed by atoms with Crippen LogP contribution in [0.1, 0.15) is 19.8 Å². The molecule has 0 spiro atoms. The number of amides is 1. The van der Waals surface area contributed by atoms with Crippen molar-refractivity contribution in [3.63, 3.8) is 0 Å². The lowest BCUT2D eigenvalue weighted by Gasteiger charge is -2.20. The Morgan fingerprint density at radius 3 is 2.58 bits per heavy atom. The first-order valence-electron chi connectivity index (χ1n) is 6.21. The maximum Gasteiger partial charge on any atom is 0.242 e. The number of benzene rings is 1. The largest absolute Gasteiger partial charge is 0.374 e. The molecule has 1 aromatic rings. The van der Waals surface area contributed by atoms with E-state index in [0.717, 1.165) is 25.0 Å². The molecule has 1 N–H and O–H groups in total. The zero-order valence-corrected chi connectivity index (χ0v) is 10.5. The Morgan fingerprint density at radius 2 is 2.00 bits per heavy atom. The van der Waals surface area contributed by atoms with Gasteiger partial charge in [-0.15, -0.1) is 0 Å². The summed E-state index contributed by atoms with van der Waals surface area (Å²) < 4.78 is 39.1. The van der Waals surface area contributed by atoms with Crippen LogP contribution in [0.3, 0.4) is 0 Å². The molecule has 0 saturated heterocycles. The van der Waals surface area contributed by atoms with E-state index in [4.69, 9.17) is 0 Å². The highest BCUT2D eigenvalue weighted by molar-refractivity contribution is 5.81. The van der Waals surface area contributed by atoms with Crippen molar-refractivity contribution in [3.05, 3.63) is 29.6 Å². The van der Waals surface area contributed by atoms with E-state index in [1.54, 1.807) is 4.90 Å². The van der Waals surface area contributed by atoms with E-state index < -0.39 is 17.5 Å². The number of rotatable bonds is 5. The quantitative estimate of drug-likeness (QED) is 0.835. The van der Waals surface area contributed by atoms with Gasteiger partial charge < -0.3 is 10.2 Å². The van der Waals surface area contributed by atoms with E-state index in [1.165, 1.54) is 0 Å². The molecule has 2 rings (SSSR count). The number of nitrogens with one attached hydrogen (secondary N) is 1. The van der Waals surface area contributed by atoms with Crippen LogP contribution in [0.4, 0.5) is 18.9 Å². The zero-order valence-electron chi connectivity index (χ0n) is 10.5. The third kappa shape index (κ3) is 3.00. The highest BCUT2D eigenvalue weighted by Crippen LogP contribution is 2.26. The summed E-state index contributed by atoms with van der Waals surface area (Å²) in [5, 5.41) is 2.51. The molecule has 104 valence electrons. The summed E-state index contributed by atoms with van der Waals surface area (Å²) in [6.45, 7) is 2.33. The molecule has 0 aromatic heterocycles. The molecular weight excluding hydrogens is 257 g/mol. The van der Waals surface area contributed by atoms with Gasteiger partial charge in [0.15, 0.2) is 17.5 Å². The third-order valence-corrected chi connectivity index (χ3v) is 3.11. The van der Waals surface area contributed by atoms with Crippen molar-refractivity contribution in [1.29, 1.82) is 0 Å². The van der Waals surface area contributed by atoms with Gasteiger partial charge in [-0.3, -0.25) is 4.79 Å². The molecule has 1 saturated carbocycles. The second kappa shape index (κ2) is 5.50. The number of carbonyl (C=O) groups excluding carboxylic acids is 1. The van der Waals surface area contributed by atoms with Crippen LogP contribution < -0.4 is 5.32 Å². The first-order chi connectivity index (χ1) is 9.04. The Labute approximate surface area is 109 Å². The van der Waals surface area contributed by atoms with Gasteiger partial charge in [-0.1, -0.05) is 0 Å². The molecular formula is C13H15F3N2O. The van der Waals surface area contributed by atoms with Crippen molar-refractivity contribution in [2.75, 3.05) is 18.4 Å². The molecule has 0 aliphatic heterocycles. The maximum atomic E-state index is 13.4. The van der Waals surface area contributed by atoms with Crippen LogP contribution >= 0.6 is 0 Å². The third-order valence-electron chi connectivity index (χ3n) is 3.11. The van der Waals surface area contributed by atoms with Crippen LogP contribution in [0, 0.1) is 17.5 Å². The number of halogens is 3. The average molecular weight is 272 g/mol. The number of nitrogens with zero attached hydrogens (tertiary/aromatic N) is 1. The molecule has 0 heterocycles. The van der Waals surface area contributed by atoms with Gasteiger partial charge in [0.25, 0.3) is 0 Å². The average Bonchev–Trinajstić information content (AvgIpc) is 3.20. The summed E-state index contributed by atoms with van der Waals surface area (Å²) >= 11 is 0. The predicted octanol–water partition coefficient (Wildman–Crippen LogP) is 2.53. The van der Waals surface area contributed by atoms with Crippen LogP contribution in [0.5, 0.6) is 0 Å². The Kier molecular flexibility index (Phi) is 3.97. The molecule has 19 heavy (non-hydrogen) atoms. The second-order valence-electron chi connectivity index (χ2n) is 4.49. The van der Waals surface area contributed by atoms with Crippen molar-refractivity contribution in [3.8, 4) is 0 Å². The molecule has 3 nitrogen and oxygen atoms in total. The highest BCUT2D eigenvalue weighted by Gasteiger charge is 2.31. The minimum atomic E-state index is -1.54. The van der Waals surface area contributed by atoms with Crippen molar-refractivity contribution < 1.29 is 18.0 Å². The summed E-state index contributed by atoms with van der Waals surface area (Å²) in [6, 6.07) is 2.17. The standard InChI is InChI=1S/C13H15F3N2O/c1-2-18(8-3-4-8)11(19)7-17-10-6-5-9(14)12(15)13(10)16/h5-6,8,17H,2-4,7H2,1H3. The summed E-state index contributed by atoms with van der Waals surface area (Å²) in [6.07, 6.45) is 1.97. The summed E-state index contributed by atoms with van der Waals surface area (Å²) in [5.41, 5.74) is -0.209. The first-order valence-corrected chi connectivity index (χ1v) is 6.21. The molecule has 1 aliphatic rings. The lowest BCUT2D eigenvalue weighted by molar-refractivity contribution is -0.129. The Hall–Kier alpha value is -1.72. The summed E-state index contributed by atoms with van der Waals surface area (Å²) in [4.78, 5) is 13.6. The highest BCUT2D eigenvalue weighted by atomic mass is 19.2. The fourth-order valence-electron chi connectivity index (χ4n) is 1.96. The SMILES string of the molecule is CCN(C(=O)CNc1ccc(F)c(F)c1F)C1CC1. The summed E-state index contributed by atoms with van der Waals surface area (Å²) in [7, 11) is 0. The molecule has 0 atom stereocenters. The number of carbonyl (C=O) groups is 1. The smallest absolute Gasteiger partial charge is 0.242 e. The number of anilines is 1. The normalized spacial score (nSPS) is 14.3. The molecule has 1 amide bonds. The second-order valence-corrected chi connectivity index (χ2v) is 4.49. The monoisotopic (exact) mass is 272 g/mol. The molecule has 6 heteroatoms. The van der Waals surface area contributed by atoms with Gasteiger partial charge in [0.05, 0.1) is 12.2 Å². The van der Waals surface area contributed by atoms with Gasteiger partial charge in [0.1, 0.15) is 0 Å². The number of hydrogen-bond donors (Lipinski definition) is 1. The van der Waals surface area contributed by atoms with Crippen LogP contribution in [0.15, 0.2) is 12.1 Å². The topological polar surface area (TPSA) is 32.3 Å². The van der Waals surface area contributed by atoms with Crippen LogP contribution in [0.2, 0.25) is 0 Å². The first kappa shape index (κ1) is 13.7. The molecule has 1 fully saturated rings. The van der Waals surface area contributed by atoms with Gasteiger partial charge in [-0.25, -0.2) is 13.2 Å². The molecule has 0 unspecified atom stereocenters. The molecule has 1 aliphatic carbocycles. The lowest BCUT2D eigenvalue weighted by atomic mass is 10.2. The van der Waals surface area contributed by atoms with Crippen LogP contribution in [-0.4, -0.2) is 29.9 Å². The van der Waals surface area contributed by atoms with E-state index in [0.29, 0.717) is 6.54 Å². The van der Waals surface area contributed by atoms with E-state index in [9.17, 15) is 18.0 Å². The van der Waals surface area contributed by atoms with Crippen LogP contribution in [0.25, 0.3) is 0 Å². The predicted molar refractivity (Wildman–Crippen MR) is 65.2 cm³/mol. The van der Waals surface area contributed by atoms with E-state index >= 15 is 0 Å². The fourth-order valence-corrected chi connectivity index (χ4v) is 1.96. The Morgan fingerprint density at radius 1 is 1.32 bits per heavy atom. The minimum absolute atomic E-state index is 0.133. The Bertz CT molecular complexity index is 489. The molecule has 0 bridgehead atoms. The lowest BCUT2D eigenvalue weighted by Crippen LogP contribution is -2.37. The van der Waals surface area contributed by atoms with Gasteiger partial charge >= 0.3 is 0 Å². The maximum absolute atomic E-state index is 13.4. The zero-order chi connectivity index (χ0) is 14.0. The van der Waals surface area contributed by atoms with Gasteiger partial charge in [-0.05, 0) is 31.9 Å². The minimum Gasteiger partial charge on any atom is -0.374 e. The van der Waals surface area contributed by atoms with E-state index in [1.807, 2.05) is 6.92 Å². The number of likely N-dealkylation sites (N-methyl/N-ethyl adjacent to an activating group) is 1. The molecule has 1 aromatic carbocycles. The fraction of sp³-hybridized carbons (Fsp3) is 0.462. The van der Waals surface area contributed by atoms with E-state index in [2.05, 4.69) is 5.32 Å². The van der Waals surface area contributed by atoms with Gasteiger partial charge in [0.2, 0.25) is 5.91 Å². The summed E-state index contributed by atoms with van der Waals surface area (Å²) in [5.74, 6) is -4.26. The van der Waals surface area contributed by atoms with Crippen molar-refractivity contribution in [2.24, 2.45) is 0 Å². The van der Waals surface area contributed by atoms with Crippen molar-refractivity contribution >= 4 is 11.6 Å². The van der Waals surface area contributed by atoms with Crippen molar-refractivity contribution in [1.82, 2.24) is 4.90 Å². The molecule has 0 radical (unpaired) electrons. The van der Waals surface area contributed by atoms with Gasteiger partial charge in [-0.2, -0.15) is 0 Å². The Balaban J connectivity index is 1.98. The number of hydrogen-bond acceptors (Lipinski definition) is 2. The van der Waals surface area contributed by atoms with Gasteiger partial charge in [0, 0.05) is 12.6 Å². The van der Waals surface area contributed by atoms with E-state index in [-0.39, 0.29) is 24.2 Å². The van der Waals surface area contributed by atoms with Crippen LogP contribution in [-0.2, 0) is 4.79 Å². The van der Waals surface area contributed by atoms with Crippen molar-refractivity contribution in [2.45, 2.75) is 25.8 Å².